The third kappa shape index (κ3) is 3.83. The number of aliphatic hydroxyl groups is 1. The SMILES string of the molecule is CN[C@@H]1CC[C@@](CNC(C)=O)(c2ccccc2)CC[C@H]1O. The molecule has 0 spiro atoms. The average molecular weight is 290 g/mol. The quantitative estimate of drug-likeness (QED) is 0.738. The van der Waals surface area contributed by atoms with Crippen molar-refractivity contribution in [1.82, 2.24) is 10.6 Å². The van der Waals surface area contributed by atoms with Crippen molar-refractivity contribution in [2.45, 2.75) is 50.2 Å². The van der Waals surface area contributed by atoms with Crippen molar-refractivity contribution in [3.8, 4) is 0 Å². The van der Waals surface area contributed by atoms with Crippen LogP contribution in [-0.4, -0.2) is 36.8 Å². The number of hydrogen-bond acceptors (Lipinski definition) is 3. The van der Waals surface area contributed by atoms with Crippen molar-refractivity contribution in [2.24, 2.45) is 0 Å². The van der Waals surface area contributed by atoms with Gasteiger partial charge in [-0.05, 0) is 38.3 Å². The second kappa shape index (κ2) is 7.05. The highest BCUT2D eigenvalue weighted by Crippen LogP contribution is 2.38. The maximum absolute atomic E-state index is 11.4. The van der Waals surface area contributed by atoms with E-state index in [1.807, 2.05) is 25.2 Å². The van der Waals surface area contributed by atoms with Crippen LogP contribution in [0, 0.1) is 0 Å². The van der Waals surface area contributed by atoms with E-state index in [1.54, 1.807) is 6.92 Å². The van der Waals surface area contributed by atoms with Crippen LogP contribution in [0.4, 0.5) is 0 Å². The summed E-state index contributed by atoms with van der Waals surface area (Å²) in [5, 5.41) is 16.5. The lowest BCUT2D eigenvalue weighted by atomic mass is 9.74. The number of hydrogen-bond donors (Lipinski definition) is 3. The topological polar surface area (TPSA) is 61.4 Å². The van der Waals surface area contributed by atoms with Crippen LogP contribution in [0.25, 0.3) is 0 Å². The summed E-state index contributed by atoms with van der Waals surface area (Å²) < 4.78 is 0. The zero-order chi connectivity index (χ0) is 15.3. The molecule has 0 radical (unpaired) electrons. The normalized spacial score (nSPS) is 29.7. The molecule has 0 aromatic heterocycles. The molecule has 1 fully saturated rings. The number of likely N-dealkylation sites (N-methyl/N-ethyl adjacent to an activating group) is 1. The number of carbonyl (C=O) groups is 1. The summed E-state index contributed by atoms with van der Waals surface area (Å²) in [7, 11) is 1.90. The predicted octanol–water partition coefficient (Wildman–Crippen LogP) is 1.58. The fourth-order valence-corrected chi connectivity index (χ4v) is 3.36. The van der Waals surface area contributed by atoms with Gasteiger partial charge < -0.3 is 15.7 Å². The standard InChI is InChI=1S/C17H26N2O2/c1-13(20)19-12-17(14-6-4-3-5-7-14)10-8-15(18-2)16(21)9-11-17/h3-7,15-16,18,21H,8-12H2,1-2H3,(H,19,20)/t15-,16-,17-/m1/s1. The molecule has 2 rings (SSSR count). The molecule has 116 valence electrons. The second-order valence-electron chi connectivity index (χ2n) is 6.10. The van der Waals surface area contributed by atoms with E-state index in [4.69, 9.17) is 0 Å². The lowest BCUT2D eigenvalue weighted by Gasteiger charge is -2.33. The zero-order valence-corrected chi connectivity index (χ0v) is 12.9. The fraction of sp³-hybridized carbons (Fsp3) is 0.588. The molecule has 1 amide bonds. The van der Waals surface area contributed by atoms with E-state index in [1.165, 1.54) is 5.56 Å². The molecule has 1 aliphatic rings. The molecule has 0 bridgehead atoms. The van der Waals surface area contributed by atoms with E-state index in [0.29, 0.717) is 6.54 Å². The monoisotopic (exact) mass is 290 g/mol. The van der Waals surface area contributed by atoms with Crippen LogP contribution in [0.5, 0.6) is 0 Å². The number of amides is 1. The van der Waals surface area contributed by atoms with Crippen LogP contribution in [-0.2, 0) is 10.2 Å². The van der Waals surface area contributed by atoms with Gasteiger partial charge >= 0.3 is 0 Å². The van der Waals surface area contributed by atoms with Gasteiger partial charge in [0.25, 0.3) is 0 Å². The molecule has 0 heterocycles. The van der Waals surface area contributed by atoms with Crippen LogP contribution < -0.4 is 10.6 Å². The molecular formula is C17H26N2O2. The first-order valence-corrected chi connectivity index (χ1v) is 7.73. The van der Waals surface area contributed by atoms with E-state index in [0.717, 1.165) is 25.7 Å². The average Bonchev–Trinajstić information content (AvgIpc) is 2.66. The van der Waals surface area contributed by atoms with Gasteiger partial charge in [-0.1, -0.05) is 30.3 Å². The van der Waals surface area contributed by atoms with Gasteiger partial charge in [-0.2, -0.15) is 0 Å². The van der Waals surface area contributed by atoms with Crippen LogP contribution in [0.15, 0.2) is 30.3 Å². The van der Waals surface area contributed by atoms with Gasteiger partial charge in [0.1, 0.15) is 0 Å². The number of aliphatic hydroxyl groups excluding tert-OH is 1. The predicted molar refractivity (Wildman–Crippen MR) is 84.1 cm³/mol. The third-order valence-electron chi connectivity index (χ3n) is 4.75. The first-order valence-electron chi connectivity index (χ1n) is 7.73. The first kappa shape index (κ1) is 16.0. The largest absolute Gasteiger partial charge is 0.392 e. The van der Waals surface area contributed by atoms with Gasteiger partial charge in [0, 0.05) is 24.9 Å². The van der Waals surface area contributed by atoms with Crippen molar-refractivity contribution in [3.63, 3.8) is 0 Å². The molecule has 0 unspecified atom stereocenters. The van der Waals surface area contributed by atoms with E-state index < -0.39 is 0 Å². The summed E-state index contributed by atoms with van der Waals surface area (Å²) in [4.78, 5) is 11.4. The molecule has 4 nitrogen and oxygen atoms in total. The number of benzene rings is 1. The van der Waals surface area contributed by atoms with Crippen molar-refractivity contribution in [1.29, 1.82) is 0 Å². The minimum Gasteiger partial charge on any atom is -0.392 e. The minimum absolute atomic E-state index is 0.000248. The highest BCUT2D eigenvalue weighted by atomic mass is 16.3. The number of rotatable bonds is 4. The molecule has 21 heavy (non-hydrogen) atoms. The Morgan fingerprint density at radius 1 is 1.29 bits per heavy atom. The number of nitrogens with one attached hydrogen (secondary N) is 2. The molecular weight excluding hydrogens is 264 g/mol. The molecule has 3 atom stereocenters. The van der Waals surface area contributed by atoms with Crippen molar-refractivity contribution < 1.29 is 9.90 Å². The molecule has 1 aromatic rings. The number of carbonyl (C=O) groups excluding carboxylic acids is 1. The zero-order valence-electron chi connectivity index (χ0n) is 12.9. The molecule has 3 N–H and O–H groups in total. The second-order valence-corrected chi connectivity index (χ2v) is 6.10. The molecule has 0 saturated heterocycles. The molecule has 1 saturated carbocycles. The maximum atomic E-state index is 11.4. The van der Waals surface area contributed by atoms with Gasteiger partial charge in [-0.25, -0.2) is 0 Å². The molecule has 1 aliphatic carbocycles. The Bertz CT molecular complexity index is 463. The van der Waals surface area contributed by atoms with Gasteiger partial charge in [-0.3, -0.25) is 4.79 Å². The van der Waals surface area contributed by atoms with Crippen LogP contribution in [0.1, 0.15) is 38.2 Å². The summed E-state index contributed by atoms with van der Waals surface area (Å²) in [5.74, 6) is 0.000248. The van der Waals surface area contributed by atoms with E-state index >= 15 is 0 Å². The third-order valence-corrected chi connectivity index (χ3v) is 4.75. The Morgan fingerprint density at radius 3 is 2.57 bits per heavy atom. The Kier molecular flexibility index (Phi) is 5.37. The van der Waals surface area contributed by atoms with Crippen LogP contribution in [0.2, 0.25) is 0 Å². The van der Waals surface area contributed by atoms with Crippen molar-refractivity contribution in [3.05, 3.63) is 35.9 Å². The van der Waals surface area contributed by atoms with Crippen molar-refractivity contribution >= 4 is 5.91 Å². The first-order chi connectivity index (χ1) is 10.1. The molecule has 1 aromatic carbocycles. The Hall–Kier alpha value is -1.39. The van der Waals surface area contributed by atoms with Gasteiger partial charge in [0.15, 0.2) is 0 Å². The highest BCUT2D eigenvalue weighted by Gasteiger charge is 2.37. The summed E-state index contributed by atoms with van der Waals surface area (Å²) in [6.07, 6.45) is 3.18. The van der Waals surface area contributed by atoms with Crippen LogP contribution >= 0.6 is 0 Å². The lowest BCUT2D eigenvalue weighted by molar-refractivity contribution is -0.119. The van der Waals surface area contributed by atoms with Crippen molar-refractivity contribution in [2.75, 3.05) is 13.6 Å². The summed E-state index contributed by atoms with van der Waals surface area (Å²) >= 11 is 0. The minimum atomic E-state index is -0.321. The maximum Gasteiger partial charge on any atom is 0.216 e. The summed E-state index contributed by atoms with van der Waals surface area (Å²) in [5.41, 5.74) is 1.17. The van der Waals surface area contributed by atoms with Gasteiger partial charge in [0.2, 0.25) is 5.91 Å². The smallest absolute Gasteiger partial charge is 0.216 e. The van der Waals surface area contributed by atoms with E-state index in [-0.39, 0.29) is 23.5 Å². The Morgan fingerprint density at radius 2 is 1.95 bits per heavy atom. The molecule has 4 heteroatoms. The lowest BCUT2D eigenvalue weighted by Crippen LogP contribution is -2.40. The highest BCUT2D eigenvalue weighted by molar-refractivity contribution is 5.73. The van der Waals surface area contributed by atoms with Gasteiger partial charge in [-0.15, -0.1) is 0 Å². The Labute approximate surface area is 126 Å². The van der Waals surface area contributed by atoms with E-state index in [2.05, 4.69) is 22.8 Å². The fourth-order valence-electron chi connectivity index (χ4n) is 3.36. The summed E-state index contributed by atoms with van der Waals surface area (Å²) in [6, 6.07) is 10.5. The molecule has 0 aliphatic heterocycles. The van der Waals surface area contributed by atoms with E-state index in [9.17, 15) is 9.90 Å². The van der Waals surface area contributed by atoms with Gasteiger partial charge in [0.05, 0.1) is 6.10 Å². The summed E-state index contributed by atoms with van der Waals surface area (Å²) in [6.45, 7) is 2.19. The van der Waals surface area contributed by atoms with Crippen LogP contribution in [0.3, 0.4) is 0 Å². The Balaban J connectivity index is 2.26.